The number of pyridine rings is 1. The first kappa shape index (κ1) is 20.5. The maximum Gasteiger partial charge on any atom is 0.340 e. The Balaban J connectivity index is 2.00. The van der Waals surface area contributed by atoms with Gasteiger partial charge in [0.05, 0.1) is 12.7 Å². The number of carbonyl (C=O) groups excluding carboxylic acids is 2. The molecule has 28 heavy (non-hydrogen) atoms. The third-order valence-electron chi connectivity index (χ3n) is 5.40. The zero-order chi connectivity index (χ0) is 20.3. The Morgan fingerprint density at radius 1 is 1.25 bits per heavy atom. The smallest absolute Gasteiger partial charge is 0.340 e. The van der Waals surface area contributed by atoms with Crippen LogP contribution in [0.15, 0.2) is 30.6 Å². The highest BCUT2D eigenvalue weighted by Gasteiger charge is 2.33. The Bertz CT molecular complexity index is 824. The van der Waals surface area contributed by atoms with E-state index >= 15 is 0 Å². The third-order valence-corrected chi connectivity index (χ3v) is 6.58. The number of thiophene rings is 1. The molecule has 2 heterocycles. The second kappa shape index (κ2) is 8.86. The Hall–Kier alpha value is -2.21. The number of rotatable bonds is 5. The number of hydrogen-bond acceptors (Lipinski definition) is 5. The molecule has 6 heteroatoms. The summed E-state index contributed by atoms with van der Waals surface area (Å²) in [5.74, 6) is 0.401. The number of aromatic nitrogens is 1. The number of esters is 1. The number of methoxy groups -OCH3 is 1. The van der Waals surface area contributed by atoms with Gasteiger partial charge in [0.1, 0.15) is 5.00 Å². The molecule has 0 atom stereocenters. The molecular formula is C22H28N2O3S. The van der Waals surface area contributed by atoms with Crippen LogP contribution >= 0.6 is 11.3 Å². The lowest BCUT2D eigenvalue weighted by atomic mass is 9.82. The number of hydrogen-bond donors (Lipinski definition) is 0. The third kappa shape index (κ3) is 4.27. The molecule has 2 aromatic heterocycles. The molecule has 0 saturated heterocycles. The van der Waals surface area contributed by atoms with E-state index in [1.54, 1.807) is 17.3 Å². The predicted octanol–water partition coefficient (Wildman–Crippen LogP) is 5.16. The van der Waals surface area contributed by atoms with Crippen LogP contribution in [0.4, 0.5) is 5.00 Å². The van der Waals surface area contributed by atoms with Gasteiger partial charge in [-0.15, -0.1) is 11.3 Å². The summed E-state index contributed by atoms with van der Waals surface area (Å²) in [6, 6.07) is 5.58. The molecule has 2 aromatic rings. The average Bonchev–Trinajstić information content (AvgIpc) is 3.13. The zero-order valence-corrected chi connectivity index (χ0v) is 17.8. The quantitative estimate of drug-likeness (QED) is 0.650. The van der Waals surface area contributed by atoms with Crippen molar-refractivity contribution in [1.82, 2.24) is 4.98 Å². The normalized spacial score (nSPS) is 19.5. The predicted molar refractivity (Wildman–Crippen MR) is 113 cm³/mol. The van der Waals surface area contributed by atoms with E-state index in [-0.39, 0.29) is 17.9 Å². The lowest BCUT2D eigenvalue weighted by Crippen LogP contribution is -2.42. The van der Waals surface area contributed by atoms with Gasteiger partial charge in [0.25, 0.3) is 0 Å². The molecule has 1 amide bonds. The van der Waals surface area contributed by atoms with Crippen LogP contribution in [0.1, 0.15) is 56.8 Å². The number of anilines is 1. The van der Waals surface area contributed by atoms with Gasteiger partial charge in [-0.2, -0.15) is 0 Å². The summed E-state index contributed by atoms with van der Waals surface area (Å²) in [4.78, 5) is 32.8. The first-order valence-electron chi connectivity index (χ1n) is 9.88. The van der Waals surface area contributed by atoms with E-state index in [4.69, 9.17) is 4.74 Å². The monoisotopic (exact) mass is 400 g/mol. The van der Waals surface area contributed by atoms with E-state index in [0.717, 1.165) is 36.1 Å². The summed E-state index contributed by atoms with van der Waals surface area (Å²) in [6.07, 6.45) is 7.47. The van der Waals surface area contributed by atoms with E-state index < -0.39 is 5.97 Å². The second-order valence-electron chi connectivity index (χ2n) is 7.82. The molecule has 1 aliphatic carbocycles. The van der Waals surface area contributed by atoms with Crippen LogP contribution < -0.4 is 4.90 Å². The van der Waals surface area contributed by atoms with Crippen LogP contribution in [0.2, 0.25) is 0 Å². The lowest BCUT2D eigenvalue weighted by Gasteiger charge is -2.33. The highest BCUT2D eigenvalue weighted by molar-refractivity contribution is 7.20. The Labute approximate surface area is 170 Å². The minimum Gasteiger partial charge on any atom is -0.465 e. The summed E-state index contributed by atoms with van der Waals surface area (Å²) in [6.45, 7) is 6.23. The van der Waals surface area contributed by atoms with Crippen LogP contribution in [0.25, 0.3) is 10.4 Å². The van der Waals surface area contributed by atoms with Crippen LogP contribution in [0, 0.1) is 11.8 Å². The van der Waals surface area contributed by atoms with Crippen molar-refractivity contribution in [3.8, 4) is 10.4 Å². The molecular weight excluding hydrogens is 372 g/mol. The number of carbonyl (C=O) groups is 2. The molecule has 1 aliphatic rings. The summed E-state index contributed by atoms with van der Waals surface area (Å²) < 4.78 is 5.01. The van der Waals surface area contributed by atoms with E-state index in [1.807, 2.05) is 32.0 Å². The van der Waals surface area contributed by atoms with Crippen molar-refractivity contribution < 1.29 is 14.3 Å². The topological polar surface area (TPSA) is 59.5 Å². The van der Waals surface area contributed by atoms with Gasteiger partial charge in [-0.3, -0.25) is 9.78 Å². The molecule has 5 nitrogen and oxygen atoms in total. The van der Waals surface area contributed by atoms with Crippen molar-refractivity contribution in [2.45, 2.75) is 52.5 Å². The van der Waals surface area contributed by atoms with Crippen molar-refractivity contribution >= 4 is 28.2 Å². The lowest BCUT2D eigenvalue weighted by molar-refractivity contribution is -0.123. The minimum absolute atomic E-state index is 0.0213. The largest absolute Gasteiger partial charge is 0.465 e. The Morgan fingerprint density at radius 3 is 2.54 bits per heavy atom. The van der Waals surface area contributed by atoms with Crippen molar-refractivity contribution in [2.75, 3.05) is 12.0 Å². The summed E-state index contributed by atoms with van der Waals surface area (Å²) in [5.41, 5.74) is 1.36. The molecule has 0 aliphatic heterocycles. The van der Waals surface area contributed by atoms with Gasteiger partial charge < -0.3 is 9.64 Å². The van der Waals surface area contributed by atoms with E-state index in [2.05, 4.69) is 11.9 Å². The highest BCUT2D eigenvalue weighted by Crippen LogP contribution is 2.40. The van der Waals surface area contributed by atoms with Crippen LogP contribution in [-0.2, 0) is 9.53 Å². The molecule has 0 spiro atoms. The molecule has 1 fully saturated rings. The highest BCUT2D eigenvalue weighted by atomic mass is 32.1. The molecule has 0 bridgehead atoms. The van der Waals surface area contributed by atoms with E-state index in [0.29, 0.717) is 16.5 Å². The Kier molecular flexibility index (Phi) is 6.50. The standard InChI is InChI=1S/C22H28N2O3S/c1-14(2)24(20(25)16-9-7-15(3)8-10-16)21-18(22(26)27-4)12-19(28-21)17-6-5-11-23-13-17/h5-6,11-16H,7-10H2,1-4H3/t15-,16-. The first-order valence-corrected chi connectivity index (χ1v) is 10.7. The molecule has 0 aromatic carbocycles. The minimum atomic E-state index is -0.419. The first-order chi connectivity index (χ1) is 13.4. The summed E-state index contributed by atoms with van der Waals surface area (Å²) in [5, 5.41) is 0.671. The van der Waals surface area contributed by atoms with Crippen molar-refractivity contribution in [2.24, 2.45) is 11.8 Å². The maximum absolute atomic E-state index is 13.4. The molecule has 3 rings (SSSR count). The van der Waals surface area contributed by atoms with Gasteiger partial charge in [0.2, 0.25) is 5.91 Å². The molecule has 1 saturated carbocycles. The van der Waals surface area contributed by atoms with Gasteiger partial charge >= 0.3 is 5.97 Å². The van der Waals surface area contributed by atoms with Gasteiger partial charge in [-0.25, -0.2) is 4.79 Å². The van der Waals surface area contributed by atoms with Crippen LogP contribution in [-0.4, -0.2) is 30.0 Å². The summed E-state index contributed by atoms with van der Waals surface area (Å²) in [7, 11) is 1.37. The van der Waals surface area contributed by atoms with Gasteiger partial charge in [-0.05, 0) is 57.6 Å². The second-order valence-corrected chi connectivity index (χ2v) is 8.85. The van der Waals surface area contributed by atoms with Crippen LogP contribution in [0.5, 0.6) is 0 Å². The SMILES string of the molecule is COC(=O)c1cc(-c2cccnc2)sc1N(C(=O)[C@H]1CC[C@H](C)CC1)C(C)C. The number of amides is 1. The zero-order valence-electron chi connectivity index (χ0n) is 17.0. The molecule has 0 radical (unpaired) electrons. The van der Waals surface area contributed by atoms with Crippen molar-refractivity contribution in [3.05, 3.63) is 36.2 Å². The summed E-state index contributed by atoms with van der Waals surface area (Å²) >= 11 is 1.45. The van der Waals surface area contributed by atoms with E-state index in [1.165, 1.54) is 18.4 Å². The van der Waals surface area contributed by atoms with Crippen molar-refractivity contribution in [3.63, 3.8) is 0 Å². The van der Waals surface area contributed by atoms with Gasteiger partial charge in [0.15, 0.2) is 0 Å². The molecule has 0 N–H and O–H groups in total. The van der Waals surface area contributed by atoms with Gasteiger partial charge in [-0.1, -0.05) is 13.0 Å². The molecule has 0 unspecified atom stereocenters. The maximum atomic E-state index is 13.4. The number of ether oxygens (including phenoxy) is 1. The van der Waals surface area contributed by atoms with E-state index in [9.17, 15) is 9.59 Å². The Morgan fingerprint density at radius 2 is 1.96 bits per heavy atom. The number of nitrogens with zero attached hydrogens (tertiary/aromatic N) is 2. The molecule has 150 valence electrons. The van der Waals surface area contributed by atoms with Gasteiger partial charge in [0, 0.05) is 34.8 Å². The average molecular weight is 401 g/mol. The van der Waals surface area contributed by atoms with Crippen molar-refractivity contribution in [1.29, 1.82) is 0 Å². The fraction of sp³-hybridized carbons (Fsp3) is 0.500. The van der Waals surface area contributed by atoms with Crippen LogP contribution in [0.3, 0.4) is 0 Å². The fourth-order valence-corrected chi connectivity index (χ4v) is 5.04. The fourth-order valence-electron chi connectivity index (χ4n) is 3.76.